The number of carbonyl (C=O) groups excluding carboxylic acids is 1. The summed E-state index contributed by atoms with van der Waals surface area (Å²) in [5.41, 5.74) is 0. The molecule has 1 rings (SSSR count). The number of carbonyl (C=O) groups is 1. The third-order valence-electron chi connectivity index (χ3n) is 14.5. The lowest BCUT2D eigenvalue weighted by Crippen LogP contribution is -2.60. The van der Waals surface area contributed by atoms with Gasteiger partial charge in [0.05, 0.1) is 25.4 Å². The van der Waals surface area contributed by atoms with Gasteiger partial charge in [-0.25, -0.2) is 0 Å². The van der Waals surface area contributed by atoms with E-state index in [-0.39, 0.29) is 12.5 Å². The lowest BCUT2D eigenvalue weighted by molar-refractivity contribution is -0.302. The fourth-order valence-electron chi connectivity index (χ4n) is 9.74. The predicted octanol–water partition coefficient (Wildman–Crippen LogP) is 15.0. The van der Waals surface area contributed by atoms with E-state index >= 15 is 0 Å². The quantitative estimate of drug-likeness (QED) is 0.0261. The number of hydrogen-bond donors (Lipinski definition) is 6. The van der Waals surface area contributed by atoms with Crippen LogP contribution in [-0.2, 0) is 14.3 Å². The highest BCUT2D eigenvalue weighted by molar-refractivity contribution is 5.76. The molecule has 1 amide bonds. The molecule has 1 heterocycles. The molecule has 0 aliphatic carbocycles. The van der Waals surface area contributed by atoms with Gasteiger partial charge in [0, 0.05) is 6.42 Å². The zero-order valence-electron chi connectivity index (χ0n) is 45.3. The molecule has 7 unspecified atom stereocenters. The molecule has 0 aromatic rings. The summed E-state index contributed by atoms with van der Waals surface area (Å²) in [6, 6.07) is -0.805. The largest absolute Gasteiger partial charge is 0.394 e. The molecule has 0 bridgehead atoms. The third kappa shape index (κ3) is 39.8. The zero-order valence-corrected chi connectivity index (χ0v) is 45.3. The Labute approximate surface area is 426 Å². The van der Waals surface area contributed by atoms with Crippen LogP contribution in [0.3, 0.4) is 0 Å². The van der Waals surface area contributed by atoms with E-state index in [4.69, 9.17) is 9.47 Å². The number of nitrogens with one attached hydrogen (secondary N) is 1. The van der Waals surface area contributed by atoms with Crippen LogP contribution in [-0.4, -0.2) is 87.5 Å². The van der Waals surface area contributed by atoms with Gasteiger partial charge in [-0.15, -0.1) is 0 Å². The monoisotopic (exact) mass is 978 g/mol. The molecule has 408 valence electrons. The van der Waals surface area contributed by atoms with Crippen molar-refractivity contribution >= 4 is 5.91 Å². The predicted molar refractivity (Wildman–Crippen MR) is 290 cm³/mol. The van der Waals surface area contributed by atoms with Gasteiger partial charge < -0.3 is 40.3 Å². The van der Waals surface area contributed by atoms with Crippen LogP contribution in [0.5, 0.6) is 0 Å². The lowest BCUT2D eigenvalue weighted by Gasteiger charge is -2.40. The van der Waals surface area contributed by atoms with Crippen molar-refractivity contribution in [3.8, 4) is 0 Å². The van der Waals surface area contributed by atoms with Crippen LogP contribution in [0.1, 0.15) is 296 Å². The van der Waals surface area contributed by atoms with E-state index in [0.29, 0.717) is 6.42 Å². The summed E-state index contributed by atoms with van der Waals surface area (Å²) in [5.74, 6) is -0.174. The first kappa shape index (κ1) is 65.7. The number of aliphatic hydroxyl groups excluding tert-OH is 5. The van der Waals surface area contributed by atoms with Gasteiger partial charge in [-0.05, 0) is 44.9 Å². The number of unbranched alkanes of at least 4 members (excludes halogenated alkanes) is 40. The second kappa shape index (κ2) is 50.2. The van der Waals surface area contributed by atoms with Crippen LogP contribution in [0.25, 0.3) is 0 Å². The molecule has 1 saturated heterocycles. The van der Waals surface area contributed by atoms with E-state index in [1.165, 1.54) is 238 Å². The van der Waals surface area contributed by atoms with Gasteiger partial charge in [-0.2, -0.15) is 0 Å². The maximum Gasteiger partial charge on any atom is 0.220 e. The van der Waals surface area contributed by atoms with Gasteiger partial charge >= 0.3 is 0 Å². The summed E-state index contributed by atoms with van der Waals surface area (Å²) in [6.07, 6.45) is 56.7. The molecule has 6 N–H and O–H groups in total. The maximum atomic E-state index is 13.1. The van der Waals surface area contributed by atoms with Crippen LogP contribution in [0.15, 0.2) is 24.3 Å². The van der Waals surface area contributed by atoms with Gasteiger partial charge in [0.2, 0.25) is 5.91 Å². The van der Waals surface area contributed by atoms with Crippen LogP contribution < -0.4 is 5.32 Å². The molecule has 1 fully saturated rings. The fourth-order valence-corrected chi connectivity index (χ4v) is 9.74. The van der Waals surface area contributed by atoms with Gasteiger partial charge in [-0.3, -0.25) is 4.79 Å². The van der Waals surface area contributed by atoms with Crippen LogP contribution in [0.4, 0.5) is 0 Å². The minimum Gasteiger partial charge on any atom is -0.394 e. The van der Waals surface area contributed by atoms with E-state index in [1.54, 1.807) is 6.08 Å². The summed E-state index contributed by atoms with van der Waals surface area (Å²) >= 11 is 0. The fraction of sp³-hybridized carbons (Fsp3) is 0.917. The van der Waals surface area contributed by atoms with Crippen molar-refractivity contribution in [3.05, 3.63) is 24.3 Å². The molecule has 0 radical (unpaired) electrons. The number of amides is 1. The van der Waals surface area contributed by atoms with Crippen molar-refractivity contribution in [1.82, 2.24) is 5.32 Å². The highest BCUT2D eigenvalue weighted by Gasteiger charge is 2.44. The van der Waals surface area contributed by atoms with Gasteiger partial charge in [-0.1, -0.05) is 269 Å². The van der Waals surface area contributed by atoms with Gasteiger partial charge in [0.25, 0.3) is 0 Å². The summed E-state index contributed by atoms with van der Waals surface area (Å²) < 4.78 is 11.3. The zero-order chi connectivity index (χ0) is 50.1. The lowest BCUT2D eigenvalue weighted by atomic mass is 9.99. The van der Waals surface area contributed by atoms with E-state index < -0.39 is 49.5 Å². The molecule has 0 saturated carbocycles. The molecular weight excluding hydrogens is 863 g/mol. The first-order valence-corrected chi connectivity index (χ1v) is 30.1. The molecule has 1 aliphatic rings. The van der Waals surface area contributed by atoms with Crippen molar-refractivity contribution in [1.29, 1.82) is 0 Å². The average molecular weight is 979 g/mol. The average Bonchev–Trinajstić information content (AvgIpc) is 3.35. The summed E-state index contributed by atoms with van der Waals surface area (Å²) in [4.78, 5) is 13.1. The van der Waals surface area contributed by atoms with E-state index in [1.807, 2.05) is 6.08 Å². The van der Waals surface area contributed by atoms with Gasteiger partial charge in [0.1, 0.15) is 24.4 Å². The van der Waals surface area contributed by atoms with Crippen molar-refractivity contribution in [2.45, 2.75) is 339 Å². The molecule has 9 nitrogen and oxygen atoms in total. The Morgan fingerprint density at radius 3 is 1.17 bits per heavy atom. The maximum absolute atomic E-state index is 13.1. The normalized spacial score (nSPS) is 19.6. The third-order valence-corrected chi connectivity index (χ3v) is 14.5. The minimum absolute atomic E-state index is 0.174. The van der Waals surface area contributed by atoms with E-state index in [2.05, 4.69) is 31.3 Å². The summed E-state index contributed by atoms with van der Waals surface area (Å²) in [6.45, 7) is 3.82. The Hall–Kier alpha value is -1.33. The summed E-state index contributed by atoms with van der Waals surface area (Å²) in [5, 5.41) is 54.6. The highest BCUT2D eigenvalue weighted by atomic mass is 16.7. The molecular formula is C60H115NO8. The standard InChI is InChI=1S/C60H115NO8/c1-3-5-7-9-11-13-15-17-19-21-23-25-26-27-28-30-32-34-36-38-40-42-44-46-48-50-56(64)61-53(52-68-60-59(67)58(66)57(65)55(51-62)69-60)54(63)49-47-45-43-41-39-37-35-33-31-29-24-22-20-18-16-14-12-10-8-6-4-2/h27-28,47,49,53-55,57-60,62-63,65-67H,3-26,29-46,48,50-52H2,1-2H3,(H,61,64)/b28-27-,49-47+. The first-order valence-electron chi connectivity index (χ1n) is 30.1. The molecule has 1 aliphatic heterocycles. The summed E-state index contributed by atoms with van der Waals surface area (Å²) in [7, 11) is 0. The highest BCUT2D eigenvalue weighted by Crippen LogP contribution is 2.23. The van der Waals surface area contributed by atoms with Crippen molar-refractivity contribution < 1.29 is 39.8 Å². The van der Waals surface area contributed by atoms with Gasteiger partial charge in [0.15, 0.2) is 6.29 Å². The minimum atomic E-state index is -1.57. The SMILES string of the molecule is CCCCCCCCCCCCCC/C=C\CCCCCCCCCCCC(=O)NC(COC1OC(CO)C(O)C(O)C1O)C(O)/C=C/CCCCCCCCCCCCCCCCCCCCC. The first-order chi connectivity index (χ1) is 33.8. The number of ether oxygens (including phenoxy) is 2. The second-order valence-corrected chi connectivity index (χ2v) is 21.1. The number of allylic oxidation sites excluding steroid dienone is 3. The Balaban J connectivity index is 2.21. The van der Waals surface area contributed by atoms with Crippen molar-refractivity contribution in [2.24, 2.45) is 0 Å². The van der Waals surface area contributed by atoms with E-state index in [0.717, 1.165) is 38.5 Å². The second-order valence-electron chi connectivity index (χ2n) is 21.1. The van der Waals surface area contributed by atoms with E-state index in [9.17, 15) is 30.3 Å². The van der Waals surface area contributed by atoms with Crippen LogP contribution in [0.2, 0.25) is 0 Å². The number of rotatable bonds is 52. The molecule has 69 heavy (non-hydrogen) atoms. The molecule has 0 spiro atoms. The molecule has 0 aromatic heterocycles. The Morgan fingerprint density at radius 1 is 0.478 bits per heavy atom. The Morgan fingerprint density at radius 2 is 0.812 bits per heavy atom. The molecule has 9 heteroatoms. The van der Waals surface area contributed by atoms with Crippen molar-refractivity contribution in [3.63, 3.8) is 0 Å². The van der Waals surface area contributed by atoms with Crippen LogP contribution in [0, 0.1) is 0 Å². The Bertz CT molecular complexity index is 1130. The molecule has 0 aromatic carbocycles. The smallest absolute Gasteiger partial charge is 0.220 e. The molecule has 7 atom stereocenters. The number of hydrogen-bond acceptors (Lipinski definition) is 8. The number of aliphatic hydroxyl groups is 5. The topological polar surface area (TPSA) is 149 Å². The Kier molecular flexibility index (Phi) is 47.8. The van der Waals surface area contributed by atoms with Crippen molar-refractivity contribution in [2.75, 3.05) is 13.2 Å². The van der Waals surface area contributed by atoms with Crippen LogP contribution >= 0.6 is 0 Å².